The number of nitrogens with two attached hydrogens (primary N) is 1. The van der Waals surface area contributed by atoms with E-state index in [1.54, 1.807) is 71.0 Å². The summed E-state index contributed by atoms with van der Waals surface area (Å²) in [5.74, 6) is -17.0. The molecular formula is C82H108N16O20. The fourth-order valence-electron chi connectivity index (χ4n) is 13.5. The van der Waals surface area contributed by atoms with E-state index < -0.39 is 198 Å². The average Bonchev–Trinajstić information content (AvgIpc) is 1.57. The number of hydrogen-bond donors (Lipinski definition) is 19. The number of phenolic OH excluding ortho intramolecular Hbond substituents is 2. The van der Waals surface area contributed by atoms with Crippen LogP contribution in [0.1, 0.15) is 153 Å². The predicted molar refractivity (Wildman–Crippen MR) is 427 cm³/mol. The number of aliphatic hydroxyl groups excluding tert-OH is 2. The van der Waals surface area contributed by atoms with Crippen LogP contribution in [-0.4, -0.2) is 207 Å². The van der Waals surface area contributed by atoms with Crippen molar-refractivity contribution in [2.45, 2.75) is 231 Å². The number of amides is 12. The van der Waals surface area contributed by atoms with Crippen LogP contribution in [0.3, 0.4) is 0 Å². The van der Waals surface area contributed by atoms with Crippen molar-refractivity contribution in [3.05, 3.63) is 143 Å². The van der Waals surface area contributed by atoms with E-state index in [0.29, 0.717) is 38.9 Å². The number of fused-ring (bicyclic) bond motifs is 42. The summed E-state index contributed by atoms with van der Waals surface area (Å²) in [6, 6.07) is 4.45. The van der Waals surface area contributed by atoms with Gasteiger partial charge in [0.05, 0.1) is 24.6 Å². The van der Waals surface area contributed by atoms with Gasteiger partial charge in [-0.05, 0) is 123 Å². The van der Waals surface area contributed by atoms with Crippen LogP contribution in [-0.2, 0) is 111 Å². The lowest BCUT2D eigenvalue weighted by Crippen LogP contribution is -2.62. The van der Waals surface area contributed by atoms with Crippen LogP contribution in [0.2, 0.25) is 0 Å². The van der Waals surface area contributed by atoms with Crippen molar-refractivity contribution in [2.75, 3.05) is 0 Å². The van der Waals surface area contributed by atoms with E-state index in [1.165, 1.54) is 87.3 Å². The summed E-state index contributed by atoms with van der Waals surface area (Å²) in [4.78, 5) is 228. The van der Waals surface area contributed by atoms with Crippen LogP contribution in [0.25, 0.3) is 11.0 Å². The number of nitrogens with one attached hydrogen (secondary N) is 13. The number of benzene rings is 3. The van der Waals surface area contributed by atoms with Gasteiger partial charge in [0.15, 0.2) is 5.78 Å². The molecule has 5 heterocycles. The third-order valence-corrected chi connectivity index (χ3v) is 20.0. The molecule has 0 unspecified atom stereocenters. The number of pyridine rings is 1. The zero-order valence-electron chi connectivity index (χ0n) is 67.1. The Morgan fingerprint density at radius 3 is 1.55 bits per heavy atom. The molecule has 36 heteroatoms. The second-order valence-electron chi connectivity index (χ2n) is 30.8. The van der Waals surface area contributed by atoms with Crippen LogP contribution in [0.5, 0.6) is 11.5 Å². The monoisotopic (exact) mass is 1640 g/mol. The van der Waals surface area contributed by atoms with Gasteiger partial charge in [-0.25, -0.2) is 9.97 Å². The third kappa shape index (κ3) is 28.5. The molecule has 3 aromatic heterocycles. The minimum Gasteiger partial charge on any atom is -0.508 e. The van der Waals surface area contributed by atoms with E-state index >= 15 is 9.59 Å². The molecule has 2 bridgehead atoms. The molecule has 0 saturated heterocycles. The molecule has 2 aliphatic heterocycles. The van der Waals surface area contributed by atoms with Gasteiger partial charge in [0.1, 0.15) is 77.3 Å². The van der Waals surface area contributed by atoms with Gasteiger partial charge in [-0.3, -0.25) is 67.1 Å². The summed E-state index contributed by atoms with van der Waals surface area (Å²) in [5.41, 5.74) is 7.56. The zero-order valence-corrected chi connectivity index (χ0v) is 67.1. The number of carbonyl (C=O) groups is 15. The van der Waals surface area contributed by atoms with Gasteiger partial charge < -0.3 is 105 Å². The number of carbonyl (C=O) groups excluding carboxylic acids is 14. The number of aromatic hydroxyl groups is 2. The summed E-state index contributed by atoms with van der Waals surface area (Å²) >= 11 is 0. The van der Waals surface area contributed by atoms with Gasteiger partial charge in [0.2, 0.25) is 70.9 Å². The molecular weight excluding hydrogens is 1530 g/mol. The number of ketones is 2. The Morgan fingerprint density at radius 2 is 1.03 bits per heavy atom. The maximum Gasteiger partial charge on any atom is 0.303 e. The number of aliphatic hydroxyl groups is 2. The lowest BCUT2D eigenvalue weighted by Gasteiger charge is -2.33. The number of H-pyrrole nitrogens is 2. The van der Waals surface area contributed by atoms with Crippen molar-refractivity contribution in [3.8, 4) is 11.5 Å². The Balaban J connectivity index is 1.27. The number of phenols is 2. The number of aromatic nitrogens is 4. The van der Waals surface area contributed by atoms with E-state index in [1.807, 2.05) is 0 Å². The fraction of sp³-hybridized carbons (Fsp3) is 0.476. The molecule has 2 aliphatic rings. The van der Waals surface area contributed by atoms with Crippen molar-refractivity contribution in [2.24, 2.45) is 23.0 Å². The molecule has 6 aromatic rings. The maximum atomic E-state index is 15.1. The molecule has 0 spiro atoms. The number of aliphatic carboxylic acids is 1. The summed E-state index contributed by atoms with van der Waals surface area (Å²) < 4.78 is 0. The SMILES string of the molecule is CCC[C@@H]1NC(=O)[C@H](Cc2c[nH]c3ncccc23)NC(=O)[C@H]([C@@H](C)O)NC(=O)[C@H](Cc2cnc[nH]2)NC(=O)[C@H](Cc2ccc(O)cc2)CC(=O)[C@H](C(C)(C)C)NC(=O)[C@@H](CC(C)=O)CCC(=O)NCc2ccc(cc2)C[C@@H](C(N)=O)NC(=O)[C@H]([C@@H](C)O)NC(=O)[C@H](CCC)NC(=O)[C@H](Cc2ccc(O)cc2)NC(=O)[C@H](CCC(=O)O)NC1=O. The number of rotatable bonds is 20. The topological polar surface area (TPSA) is 573 Å². The minimum absolute atomic E-state index is 0.0444. The smallest absolute Gasteiger partial charge is 0.303 e. The highest BCUT2D eigenvalue weighted by molar-refractivity contribution is 6.00. The highest BCUT2D eigenvalue weighted by atomic mass is 16.4. The molecule has 0 fully saturated rings. The normalized spacial score (nSPS) is 23.6. The molecule has 14 atom stereocenters. The number of carboxylic acid groups (broad SMARTS) is 1. The van der Waals surface area contributed by atoms with Crippen LogP contribution < -0.4 is 64.2 Å². The van der Waals surface area contributed by atoms with E-state index in [-0.39, 0.29) is 101 Å². The first kappa shape index (κ1) is 92.7. The van der Waals surface area contributed by atoms with Crippen molar-refractivity contribution in [3.63, 3.8) is 0 Å². The number of carboxylic acids is 1. The first-order valence-electron chi connectivity index (χ1n) is 39.1. The van der Waals surface area contributed by atoms with Crippen LogP contribution >= 0.6 is 0 Å². The number of Topliss-reactive ketones (excluding diaryl/α,β-unsaturated/α-hetero) is 2. The molecule has 0 saturated carbocycles. The number of aromatic amines is 2. The Kier molecular flexibility index (Phi) is 34.6. The van der Waals surface area contributed by atoms with Crippen molar-refractivity contribution >= 4 is 99.5 Å². The molecule has 0 aliphatic carbocycles. The van der Waals surface area contributed by atoms with E-state index in [9.17, 15) is 87.9 Å². The molecule has 3 aromatic carbocycles. The van der Waals surface area contributed by atoms with Gasteiger partial charge in [0, 0.05) is 99.4 Å². The largest absolute Gasteiger partial charge is 0.508 e. The quantitative estimate of drug-likeness (QED) is 0.0460. The molecule has 12 amide bonds. The number of primary amides is 1. The maximum absolute atomic E-state index is 15.1. The lowest BCUT2D eigenvalue weighted by atomic mass is 9.80. The van der Waals surface area contributed by atoms with Gasteiger partial charge >= 0.3 is 5.97 Å². The first-order valence-corrected chi connectivity index (χ1v) is 39.1. The highest BCUT2D eigenvalue weighted by Crippen LogP contribution is 2.27. The summed E-state index contributed by atoms with van der Waals surface area (Å²) in [6.07, 6.45) is -1.85. The van der Waals surface area contributed by atoms with Crippen LogP contribution in [0, 0.1) is 17.3 Å². The van der Waals surface area contributed by atoms with E-state index in [4.69, 9.17) is 5.73 Å². The standard InChI is InChI=1S/C82H108N16O20/c1-9-12-57-74(111)91-59(28-30-66(106)107)75(112)94-61(35-48-21-26-55(103)27-22-48)77(114)90-58(13-10-2)76(113)96-67(44(4)100)80(117)92-60(70(83)108)34-47-15-17-49(18-16-47)39-86-65(105)29-23-50(32-43(3)99)72(109)98-69(82(6,7)8)64(104)37-51(33-46-19-24-54(102)25-20-46)73(110)93-63(38-53-41-84-42-88-53)79(116)97-68(45(5)101)81(118)95-62(78(115)89-57)36-52-40-87-71-56(52)14-11-31-85-71/h11,14-22,24-27,31,40-42,44-45,50-51,57-63,67-69,100-103H,9-10,12-13,23,28-30,32-39H2,1-8H3,(H2,83,108)(H,84,88)(H,85,87)(H,86,105)(H,89,115)(H,90,114)(H,91,111)(H,92,117)(H,93,110)(H,94,112)(H,95,118)(H,96,113)(H,97,116)(H,98,109)(H,106,107)/t44-,45-,50-,51-,57+,58+,59+,60+,61+,62+,63+,67+,68+,69-/m1/s1. The molecule has 0 radical (unpaired) electrons. The van der Waals surface area contributed by atoms with Crippen molar-refractivity contribution in [1.82, 2.24) is 78.4 Å². The van der Waals surface area contributed by atoms with Gasteiger partial charge in [-0.15, -0.1) is 0 Å². The number of hydrogen-bond acceptors (Lipinski definition) is 21. The lowest BCUT2D eigenvalue weighted by molar-refractivity contribution is -0.139. The van der Waals surface area contributed by atoms with Gasteiger partial charge in [-0.2, -0.15) is 0 Å². The molecule has 36 nitrogen and oxygen atoms in total. The average molecular weight is 1640 g/mol. The second-order valence-corrected chi connectivity index (χ2v) is 30.8. The Labute approximate surface area is 681 Å². The Bertz CT molecular complexity index is 4510. The minimum atomic E-state index is -1.94. The zero-order chi connectivity index (χ0) is 86.7. The van der Waals surface area contributed by atoms with Crippen LogP contribution in [0.4, 0.5) is 0 Å². The summed E-state index contributed by atoms with van der Waals surface area (Å²) in [7, 11) is 0. The highest BCUT2D eigenvalue weighted by Gasteiger charge is 2.41. The van der Waals surface area contributed by atoms with Crippen LogP contribution in [0.15, 0.2) is 110 Å². The predicted octanol–water partition coefficient (Wildman–Crippen LogP) is 0.397. The third-order valence-electron chi connectivity index (χ3n) is 20.0. The first-order chi connectivity index (χ1) is 55.9. The number of nitrogens with zero attached hydrogens (tertiary/aromatic N) is 2. The van der Waals surface area contributed by atoms with Gasteiger partial charge in [-0.1, -0.05) is 96.0 Å². The Morgan fingerprint density at radius 1 is 0.542 bits per heavy atom. The molecule has 8 rings (SSSR count). The summed E-state index contributed by atoms with van der Waals surface area (Å²) in [6.45, 7) is 11.8. The fourth-order valence-corrected chi connectivity index (χ4v) is 13.5. The molecule has 118 heavy (non-hydrogen) atoms. The van der Waals surface area contributed by atoms with E-state index in [0.717, 1.165) is 6.92 Å². The molecule has 636 valence electrons. The number of imidazole rings is 1. The van der Waals surface area contributed by atoms with Crippen molar-refractivity contribution in [1.29, 1.82) is 0 Å². The second kappa shape index (κ2) is 44.0. The van der Waals surface area contributed by atoms with Crippen molar-refractivity contribution < 1.29 is 97.5 Å². The molecule has 20 N–H and O–H groups in total. The summed E-state index contributed by atoms with van der Waals surface area (Å²) in [5, 5.41) is 82.0. The van der Waals surface area contributed by atoms with E-state index in [2.05, 4.69) is 78.4 Å². The van der Waals surface area contributed by atoms with Gasteiger partial charge in [0.25, 0.3) is 0 Å². The Hall–Kier alpha value is -12.5.